The third-order valence-electron chi connectivity index (χ3n) is 3.40. The van der Waals surface area contributed by atoms with Gasteiger partial charge < -0.3 is 5.32 Å². The number of aromatic nitrogens is 1. The van der Waals surface area contributed by atoms with E-state index >= 15 is 0 Å². The molecule has 1 aromatic heterocycles. The maximum absolute atomic E-state index is 4.73. The minimum Gasteiger partial charge on any atom is -0.313 e. The van der Waals surface area contributed by atoms with E-state index in [1.165, 1.54) is 10.3 Å². The van der Waals surface area contributed by atoms with Gasteiger partial charge in [0.25, 0.3) is 0 Å². The molecule has 0 fully saturated rings. The van der Waals surface area contributed by atoms with E-state index in [2.05, 4.69) is 67.5 Å². The van der Waals surface area contributed by atoms with Gasteiger partial charge in [0.15, 0.2) is 0 Å². The zero-order valence-corrected chi connectivity index (χ0v) is 15.4. The summed E-state index contributed by atoms with van der Waals surface area (Å²) < 4.78 is 3.45. The zero-order valence-electron chi connectivity index (χ0n) is 11.4. The number of para-hydroxylation sites is 1. The van der Waals surface area contributed by atoms with Gasteiger partial charge in [-0.2, -0.15) is 0 Å². The van der Waals surface area contributed by atoms with E-state index in [0.29, 0.717) is 0 Å². The van der Waals surface area contributed by atoms with Crippen LogP contribution in [0.2, 0.25) is 0 Å². The molecule has 2 aromatic carbocycles. The molecule has 21 heavy (non-hydrogen) atoms. The average molecular weight is 426 g/mol. The second-order valence-electron chi connectivity index (χ2n) is 4.79. The highest BCUT2D eigenvalue weighted by molar-refractivity contribution is 9.11. The monoisotopic (exact) mass is 424 g/mol. The third-order valence-corrected chi connectivity index (χ3v) is 5.67. The summed E-state index contributed by atoms with van der Waals surface area (Å²) in [4.78, 5) is 4.73. The molecule has 108 valence electrons. The Balaban J connectivity index is 1.91. The van der Waals surface area contributed by atoms with E-state index in [9.17, 15) is 0 Å². The van der Waals surface area contributed by atoms with Crippen LogP contribution in [0.3, 0.4) is 0 Å². The quantitative estimate of drug-likeness (QED) is 0.611. The van der Waals surface area contributed by atoms with Gasteiger partial charge >= 0.3 is 0 Å². The first kappa shape index (κ1) is 15.2. The van der Waals surface area contributed by atoms with Crippen molar-refractivity contribution in [3.8, 4) is 0 Å². The molecule has 1 atom stereocenters. The van der Waals surface area contributed by atoms with Crippen LogP contribution in [-0.2, 0) is 6.42 Å². The molecule has 2 nitrogen and oxygen atoms in total. The molecule has 0 spiro atoms. The van der Waals surface area contributed by atoms with Crippen LogP contribution in [0.5, 0.6) is 0 Å². The second kappa shape index (κ2) is 6.57. The van der Waals surface area contributed by atoms with Crippen molar-refractivity contribution in [1.82, 2.24) is 10.3 Å². The third kappa shape index (κ3) is 3.37. The first-order chi connectivity index (χ1) is 10.2. The Morgan fingerprint density at radius 2 is 2.00 bits per heavy atom. The largest absolute Gasteiger partial charge is 0.313 e. The summed E-state index contributed by atoms with van der Waals surface area (Å²) in [6.07, 6.45) is 0.880. The Labute approximate surface area is 144 Å². The summed E-state index contributed by atoms with van der Waals surface area (Å²) in [5.74, 6) is 0. The Kier molecular flexibility index (Phi) is 4.74. The number of hydrogen-bond acceptors (Lipinski definition) is 3. The summed E-state index contributed by atoms with van der Waals surface area (Å²) >= 11 is 8.96. The van der Waals surface area contributed by atoms with Gasteiger partial charge in [0, 0.05) is 21.4 Å². The van der Waals surface area contributed by atoms with Crippen molar-refractivity contribution in [3.05, 3.63) is 62.0 Å². The van der Waals surface area contributed by atoms with Crippen molar-refractivity contribution in [2.24, 2.45) is 0 Å². The number of thiazole rings is 1. The number of halogens is 2. The summed E-state index contributed by atoms with van der Waals surface area (Å²) in [5, 5.41) is 4.55. The van der Waals surface area contributed by atoms with Crippen LogP contribution in [0.1, 0.15) is 16.6 Å². The lowest BCUT2D eigenvalue weighted by Crippen LogP contribution is -2.19. The zero-order chi connectivity index (χ0) is 14.8. The second-order valence-corrected chi connectivity index (χ2v) is 7.67. The highest BCUT2D eigenvalue weighted by Crippen LogP contribution is 2.31. The normalized spacial score (nSPS) is 12.7. The Morgan fingerprint density at radius 1 is 1.19 bits per heavy atom. The number of rotatable bonds is 4. The first-order valence-electron chi connectivity index (χ1n) is 6.64. The molecule has 1 heterocycles. The van der Waals surface area contributed by atoms with E-state index in [1.807, 2.05) is 19.2 Å². The van der Waals surface area contributed by atoms with Crippen LogP contribution >= 0.6 is 43.2 Å². The molecular formula is C16H14Br2N2S. The maximum Gasteiger partial charge on any atom is 0.0957 e. The molecule has 3 aromatic rings. The van der Waals surface area contributed by atoms with Crippen molar-refractivity contribution >= 4 is 53.4 Å². The number of nitrogens with one attached hydrogen (secondary N) is 1. The molecule has 5 heteroatoms. The molecule has 0 bridgehead atoms. The number of benzene rings is 2. The van der Waals surface area contributed by atoms with Crippen LogP contribution in [-0.4, -0.2) is 12.0 Å². The smallest absolute Gasteiger partial charge is 0.0957 e. The summed E-state index contributed by atoms with van der Waals surface area (Å²) in [6.45, 7) is 0. The van der Waals surface area contributed by atoms with Crippen molar-refractivity contribution in [3.63, 3.8) is 0 Å². The fraction of sp³-hybridized carbons (Fsp3) is 0.188. The number of nitrogens with zero attached hydrogens (tertiary/aromatic N) is 1. The average Bonchev–Trinajstić information content (AvgIpc) is 2.90. The van der Waals surface area contributed by atoms with Crippen LogP contribution < -0.4 is 5.32 Å². The molecule has 1 N–H and O–H groups in total. The number of hydrogen-bond donors (Lipinski definition) is 1. The standard InChI is InChI=1S/C16H14Br2N2S/c1-19-14(11-8-10(17)6-7-12(11)18)9-16-20-13-4-2-3-5-15(13)21-16/h2-8,14,19H,9H2,1H3. The fourth-order valence-electron chi connectivity index (χ4n) is 2.33. The lowest BCUT2D eigenvalue weighted by molar-refractivity contribution is 0.588. The fourth-order valence-corrected chi connectivity index (χ4v) is 4.25. The molecular weight excluding hydrogens is 412 g/mol. The summed E-state index contributed by atoms with van der Waals surface area (Å²) in [6, 6.07) is 14.8. The highest BCUT2D eigenvalue weighted by atomic mass is 79.9. The predicted molar refractivity (Wildman–Crippen MR) is 97.0 cm³/mol. The van der Waals surface area contributed by atoms with Crippen LogP contribution in [0.15, 0.2) is 51.4 Å². The minimum atomic E-state index is 0.234. The summed E-state index contributed by atoms with van der Waals surface area (Å²) in [7, 11) is 1.99. The van der Waals surface area contributed by atoms with E-state index < -0.39 is 0 Å². The van der Waals surface area contributed by atoms with E-state index in [4.69, 9.17) is 4.98 Å². The predicted octanol–water partition coefficient (Wildman–Crippen LogP) is 5.32. The van der Waals surface area contributed by atoms with Gasteiger partial charge in [-0.1, -0.05) is 44.0 Å². The lowest BCUT2D eigenvalue weighted by Gasteiger charge is -2.17. The van der Waals surface area contributed by atoms with E-state index in [0.717, 1.165) is 25.9 Å². The van der Waals surface area contributed by atoms with E-state index in [1.54, 1.807) is 11.3 Å². The lowest BCUT2D eigenvalue weighted by atomic mass is 10.0. The summed E-state index contributed by atoms with van der Waals surface area (Å²) in [5.41, 5.74) is 2.33. The van der Waals surface area contributed by atoms with Gasteiger partial charge in [-0.15, -0.1) is 11.3 Å². The Morgan fingerprint density at radius 3 is 2.76 bits per heavy atom. The first-order valence-corrected chi connectivity index (χ1v) is 9.04. The van der Waals surface area contributed by atoms with Gasteiger partial charge in [-0.05, 0) is 42.9 Å². The van der Waals surface area contributed by atoms with Crippen molar-refractivity contribution in [2.75, 3.05) is 7.05 Å². The Bertz CT molecular complexity index is 737. The molecule has 1 unspecified atom stereocenters. The molecule has 3 rings (SSSR count). The van der Waals surface area contributed by atoms with Gasteiger partial charge in [-0.3, -0.25) is 0 Å². The topological polar surface area (TPSA) is 24.9 Å². The molecule has 0 aliphatic rings. The SMILES string of the molecule is CNC(Cc1nc2ccccc2s1)c1cc(Br)ccc1Br. The number of likely N-dealkylation sites (N-methyl/N-ethyl adjacent to an activating group) is 1. The molecule has 0 aliphatic heterocycles. The van der Waals surface area contributed by atoms with Gasteiger partial charge in [0.2, 0.25) is 0 Å². The van der Waals surface area contributed by atoms with E-state index in [-0.39, 0.29) is 6.04 Å². The van der Waals surface area contributed by atoms with Crippen molar-refractivity contribution < 1.29 is 0 Å². The molecule has 0 amide bonds. The molecule has 0 saturated heterocycles. The van der Waals surface area contributed by atoms with Gasteiger partial charge in [0.05, 0.1) is 15.2 Å². The molecule has 0 radical (unpaired) electrons. The minimum absolute atomic E-state index is 0.234. The molecule has 0 aliphatic carbocycles. The van der Waals surface area contributed by atoms with Crippen LogP contribution in [0.4, 0.5) is 0 Å². The van der Waals surface area contributed by atoms with Crippen molar-refractivity contribution in [2.45, 2.75) is 12.5 Å². The maximum atomic E-state index is 4.73. The number of fused-ring (bicyclic) bond motifs is 1. The van der Waals surface area contributed by atoms with Crippen LogP contribution in [0, 0.1) is 0 Å². The van der Waals surface area contributed by atoms with Crippen LogP contribution in [0.25, 0.3) is 10.2 Å². The molecule has 0 saturated carbocycles. The van der Waals surface area contributed by atoms with Gasteiger partial charge in [-0.25, -0.2) is 4.98 Å². The van der Waals surface area contributed by atoms with Gasteiger partial charge in [0.1, 0.15) is 0 Å². The van der Waals surface area contributed by atoms with Crippen molar-refractivity contribution in [1.29, 1.82) is 0 Å². The highest BCUT2D eigenvalue weighted by Gasteiger charge is 2.16. The Hall–Kier alpha value is -0.750.